The number of anilines is 1. The highest BCUT2D eigenvalue weighted by atomic mass is 32.1. The molecule has 0 amide bonds. The number of rotatable bonds is 2. The summed E-state index contributed by atoms with van der Waals surface area (Å²) in [5.41, 5.74) is 7.70. The van der Waals surface area contributed by atoms with Crippen LogP contribution in [-0.2, 0) is 19.5 Å². The summed E-state index contributed by atoms with van der Waals surface area (Å²) in [5, 5.41) is 0.597. The molecule has 2 aromatic rings. The molecule has 3 heterocycles. The summed E-state index contributed by atoms with van der Waals surface area (Å²) in [6.45, 7) is 2.47. The molecule has 6 heteroatoms. The van der Waals surface area contributed by atoms with Gasteiger partial charge < -0.3 is 10.7 Å². The van der Waals surface area contributed by atoms with E-state index < -0.39 is 0 Å². The van der Waals surface area contributed by atoms with Gasteiger partial charge in [0, 0.05) is 42.5 Å². The fourth-order valence-corrected chi connectivity index (χ4v) is 3.02. The smallest absolute Gasteiger partial charge is 0.252 e. The Morgan fingerprint density at radius 2 is 2.44 bits per heavy atom. The number of nitrogen functional groups attached to an aromatic ring is 1. The maximum absolute atomic E-state index is 11.8. The molecule has 0 aromatic carbocycles. The van der Waals surface area contributed by atoms with E-state index >= 15 is 0 Å². The lowest BCUT2D eigenvalue weighted by Gasteiger charge is -2.27. The number of aromatic nitrogens is 2. The van der Waals surface area contributed by atoms with E-state index in [2.05, 4.69) is 14.9 Å². The number of nitrogens with two attached hydrogens (primary N) is 1. The number of nitrogens with zero attached hydrogens (tertiary/aromatic N) is 2. The molecule has 3 rings (SSSR count). The molecule has 0 radical (unpaired) electrons. The third-order valence-corrected chi connectivity index (χ3v) is 4.00. The highest BCUT2D eigenvalue weighted by molar-refractivity contribution is 7.15. The number of pyridine rings is 1. The van der Waals surface area contributed by atoms with Crippen molar-refractivity contribution in [3.05, 3.63) is 44.8 Å². The summed E-state index contributed by atoms with van der Waals surface area (Å²) < 4.78 is 0. The minimum atomic E-state index is 0.0287. The summed E-state index contributed by atoms with van der Waals surface area (Å²) >= 11 is 1.51. The van der Waals surface area contributed by atoms with Gasteiger partial charge in [-0.25, -0.2) is 4.98 Å². The summed E-state index contributed by atoms with van der Waals surface area (Å²) in [7, 11) is 0. The molecule has 0 unspecified atom stereocenters. The first-order valence-corrected chi connectivity index (χ1v) is 6.66. The minimum Gasteiger partial charge on any atom is -0.375 e. The minimum absolute atomic E-state index is 0.0287. The molecule has 0 spiro atoms. The van der Waals surface area contributed by atoms with Gasteiger partial charge in [-0.3, -0.25) is 9.69 Å². The van der Waals surface area contributed by atoms with Crippen molar-refractivity contribution >= 4 is 16.5 Å². The van der Waals surface area contributed by atoms with E-state index in [0.29, 0.717) is 11.7 Å². The van der Waals surface area contributed by atoms with Crippen molar-refractivity contribution in [2.45, 2.75) is 19.5 Å². The van der Waals surface area contributed by atoms with Crippen molar-refractivity contribution in [3.63, 3.8) is 0 Å². The Hall–Kier alpha value is -1.66. The van der Waals surface area contributed by atoms with Crippen LogP contribution in [-0.4, -0.2) is 21.4 Å². The zero-order chi connectivity index (χ0) is 12.5. The van der Waals surface area contributed by atoms with E-state index in [1.54, 1.807) is 6.20 Å². The van der Waals surface area contributed by atoms with Gasteiger partial charge in [-0.2, -0.15) is 0 Å². The predicted octanol–water partition coefficient (Wildman–Crippen LogP) is 0.972. The molecule has 0 atom stereocenters. The monoisotopic (exact) mass is 262 g/mol. The van der Waals surface area contributed by atoms with Crippen molar-refractivity contribution in [1.82, 2.24) is 14.9 Å². The molecule has 2 aromatic heterocycles. The number of nitrogens with one attached hydrogen (secondary N) is 1. The number of hydrogen-bond acceptors (Lipinski definition) is 5. The van der Waals surface area contributed by atoms with Gasteiger partial charge in [-0.05, 0) is 18.1 Å². The third-order valence-electron chi connectivity index (χ3n) is 3.19. The second-order valence-electron chi connectivity index (χ2n) is 4.44. The largest absolute Gasteiger partial charge is 0.375 e. The van der Waals surface area contributed by atoms with Gasteiger partial charge in [0.1, 0.15) is 0 Å². The van der Waals surface area contributed by atoms with Crippen molar-refractivity contribution in [2.24, 2.45) is 0 Å². The molecular formula is C12H14N4OS. The predicted molar refractivity (Wildman–Crippen MR) is 71.4 cm³/mol. The topological polar surface area (TPSA) is 75.0 Å². The first kappa shape index (κ1) is 11.4. The Labute approximate surface area is 108 Å². The molecule has 5 nitrogen and oxygen atoms in total. The zero-order valence-electron chi connectivity index (χ0n) is 9.85. The lowest BCUT2D eigenvalue weighted by Crippen LogP contribution is -2.34. The van der Waals surface area contributed by atoms with Crippen molar-refractivity contribution in [2.75, 3.05) is 12.3 Å². The Kier molecular flexibility index (Phi) is 2.89. The number of hydrogen-bond donors (Lipinski definition) is 2. The second-order valence-corrected chi connectivity index (χ2v) is 5.58. The van der Waals surface area contributed by atoms with Gasteiger partial charge >= 0.3 is 0 Å². The molecule has 94 valence electrons. The van der Waals surface area contributed by atoms with Crippen LogP contribution in [0.15, 0.2) is 23.3 Å². The van der Waals surface area contributed by atoms with Crippen molar-refractivity contribution < 1.29 is 0 Å². The van der Waals surface area contributed by atoms with Gasteiger partial charge in [0.15, 0.2) is 5.13 Å². The average molecular weight is 262 g/mol. The van der Waals surface area contributed by atoms with Gasteiger partial charge in [0.25, 0.3) is 5.56 Å². The standard InChI is InChI=1S/C12H14N4OS/c13-12-15-5-9(18-12)6-16-4-2-8-1-3-14-11(17)10(8)7-16/h1,3,5H,2,4,6-7H2,(H2,13,15)(H,14,17). The highest BCUT2D eigenvalue weighted by Gasteiger charge is 2.19. The molecule has 0 aliphatic carbocycles. The molecule has 0 fully saturated rings. The normalized spacial score (nSPS) is 15.6. The van der Waals surface area contributed by atoms with Crippen LogP contribution in [0.3, 0.4) is 0 Å². The van der Waals surface area contributed by atoms with Crippen molar-refractivity contribution in [3.8, 4) is 0 Å². The van der Waals surface area contributed by atoms with E-state index in [4.69, 9.17) is 5.73 Å². The summed E-state index contributed by atoms with van der Waals surface area (Å²) in [6.07, 6.45) is 4.46. The van der Waals surface area contributed by atoms with Crippen molar-refractivity contribution in [1.29, 1.82) is 0 Å². The van der Waals surface area contributed by atoms with Crippen LogP contribution in [0.2, 0.25) is 0 Å². The Bertz CT molecular complexity index is 619. The lowest BCUT2D eigenvalue weighted by molar-refractivity contribution is 0.246. The number of fused-ring (bicyclic) bond motifs is 1. The summed E-state index contributed by atoms with van der Waals surface area (Å²) in [5.74, 6) is 0. The van der Waals surface area contributed by atoms with E-state index in [0.717, 1.165) is 30.0 Å². The SMILES string of the molecule is Nc1ncc(CN2CCc3cc[nH]c(=O)c3C2)s1. The van der Waals surface area contributed by atoms with Crippen LogP contribution < -0.4 is 11.3 Å². The van der Waals surface area contributed by atoms with Crippen LogP contribution in [0, 0.1) is 0 Å². The van der Waals surface area contributed by atoms with E-state index in [1.807, 2.05) is 12.3 Å². The van der Waals surface area contributed by atoms with Crippen LogP contribution >= 0.6 is 11.3 Å². The van der Waals surface area contributed by atoms with Gasteiger partial charge in [-0.15, -0.1) is 11.3 Å². The van der Waals surface area contributed by atoms with Crippen LogP contribution in [0.25, 0.3) is 0 Å². The molecule has 1 aliphatic heterocycles. The molecule has 18 heavy (non-hydrogen) atoms. The first-order valence-electron chi connectivity index (χ1n) is 5.84. The zero-order valence-corrected chi connectivity index (χ0v) is 10.7. The summed E-state index contributed by atoms with van der Waals surface area (Å²) in [4.78, 5) is 21.9. The van der Waals surface area contributed by atoms with Crippen LogP contribution in [0.4, 0.5) is 5.13 Å². The van der Waals surface area contributed by atoms with E-state index in [-0.39, 0.29) is 5.56 Å². The first-order chi connectivity index (χ1) is 8.72. The molecule has 0 bridgehead atoms. The fourth-order valence-electron chi connectivity index (χ4n) is 2.29. The quantitative estimate of drug-likeness (QED) is 0.845. The molecular weight excluding hydrogens is 248 g/mol. The van der Waals surface area contributed by atoms with Gasteiger partial charge in [0.05, 0.1) is 0 Å². The lowest BCUT2D eigenvalue weighted by atomic mass is 10.0. The molecule has 0 saturated heterocycles. The second kappa shape index (κ2) is 4.55. The Balaban J connectivity index is 1.78. The van der Waals surface area contributed by atoms with Crippen LogP contribution in [0.5, 0.6) is 0 Å². The number of H-pyrrole nitrogens is 1. The number of thiazole rings is 1. The third kappa shape index (κ3) is 2.16. The summed E-state index contributed by atoms with van der Waals surface area (Å²) in [6, 6.07) is 2.00. The molecule has 1 aliphatic rings. The van der Waals surface area contributed by atoms with E-state index in [1.165, 1.54) is 16.9 Å². The van der Waals surface area contributed by atoms with E-state index in [9.17, 15) is 4.79 Å². The Morgan fingerprint density at radius 1 is 1.56 bits per heavy atom. The van der Waals surface area contributed by atoms with Gasteiger partial charge in [-0.1, -0.05) is 0 Å². The van der Waals surface area contributed by atoms with Gasteiger partial charge in [0.2, 0.25) is 0 Å². The Morgan fingerprint density at radius 3 is 3.22 bits per heavy atom. The maximum Gasteiger partial charge on any atom is 0.252 e. The molecule has 0 saturated carbocycles. The maximum atomic E-state index is 11.8. The highest BCUT2D eigenvalue weighted by Crippen LogP contribution is 2.20. The molecule has 3 N–H and O–H groups in total. The fraction of sp³-hybridized carbons (Fsp3) is 0.333. The number of aromatic amines is 1. The average Bonchev–Trinajstić information content (AvgIpc) is 2.76. The van der Waals surface area contributed by atoms with Crippen LogP contribution in [0.1, 0.15) is 16.0 Å².